The molecule has 0 bridgehead atoms. The lowest BCUT2D eigenvalue weighted by Crippen LogP contribution is -2.39. The van der Waals surface area contributed by atoms with Crippen LogP contribution in [0.3, 0.4) is 0 Å². The van der Waals surface area contributed by atoms with Gasteiger partial charge in [0.25, 0.3) is 0 Å². The maximum absolute atomic E-state index is 11.7. The summed E-state index contributed by atoms with van der Waals surface area (Å²) in [6.45, 7) is 1.99. The van der Waals surface area contributed by atoms with Gasteiger partial charge in [-0.1, -0.05) is 11.6 Å². The van der Waals surface area contributed by atoms with Crippen molar-refractivity contribution in [3.05, 3.63) is 63.0 Å². The lowest BCUT2D eigenvalue weighted by Gasteiger charge is -2.25. The molecule has 30 heavy (non-hydrogen) atoms. The topological polar surface area (TPSA) is 86.0 Å². The highest BCUT2D eigenvalue weighted by atomic mass is 35.5. The second-order valence-electron chi connectivity index (χ2n) is 7.22. The summed E-state index contributed by atoms with van der Waals surface area (Å²) >= 11 is 6.06. The normalized spacial score (nSPS) is 14.8. The summed E-state index contributed by atoms with van der Waals surface area (Å²) in [6, 6.07) is 9.31. The zero-order chi connectivity index (χ0) is 21.0. The molecule has 2 aliphatic rings. The molecule has 0 saturated carbocycles. The summed E-state index contributed by atoms with van der Waals surface area (Å²) in [5, 5.41) is 13.6. The standard InChI is InChI=1S/C22H18ClN5O2/c1-12(29)25-16-7-9-27(2)20-15(16)11-24-21-18-17(26-22(30)19(18)20)8-10-28(21)14-5-3-13(23)4-6-14/h3-9,11,26,30H,10H2,1-2H3. The van der Waals surface area contributed by atoms with Gasteiger partial charge in [0.1, 0.15) is 5.82 Å². The van der Waals surface area contributed by atoms with Crippen LogP contribution in [0.5, 0.6) is 5.88 Å². The summed E-state index contributed by atoms with van der Waals surface area (Å²) < 4.78 is 1.90. The predicted molar refractivity (Wildman–Crippen MR) is 117 cm³/mol. The first-order chi connectivity index (χ1) is 14.4. The number of aryl methyl sites for hydroxylation is 1. The number of nitrogens with zero attached hydrogens (tertiary/aromatic N) is 4. The number of nitrogens with one attached hydrogen (secondary N) is 1. The minimum Gasteiger partial charge on any atom is -0.494 e. The fourth-order valence-corrected chi connectivity index (χ4v) is 4.12. The van der Waals surface area contributed by atoms with Crippen LogP contribution in [-0.2, 0) is 11.8 Å². The fourth-order valence-electron chi connectivity index (χ4n) is 4.00. The Labute approximate surface area is 176 Å². The van der Waals surface area contributed by atoms with E-state index in [1.807, 2.05) is 48.2 Å². The molecule has 5 rings (SSSR count). The van der Waals surface area contributed by atoms with E-state index in [4.69, 9.17) is 16.6 Å². The first-order valence-corrected chi connectivity index (χ1v) is 9.80. The van der Waals surface area contributed by atoms with E-state index in [0.717, 1.165) is 21.9 Å². The molecule has 0 atom stereocenters. The molecule has 2 N–H and O–H groups in total. The van der Waals surface area contributed by atoms with Crippen LogP contribution in [0, 0.1) is 0 Å². The van der Waals surface area contributed by atoms with Crippen LogP contribution < -0.4 is 20.8 Å². The van der Waals surface area contributed by atoms with E-state index in [9.17, 15) is 9.90 Å². The summed E-state index contributed by atoms with van der Waals surface area (Å²) in [6.07, 6.45) is 5.55. The average molecular weight is 420 g/mol. The van der Waals surface area contributed by atoms with E-state index in [0.29, 0.717) is 33.9 Å². The minimum atomic E-state index is -0.299. The Morgan fingerprint density at radius 2 is 2.03 bits per heavy atom. The number of halogens is 1. The number of benzene rings is 1. The molecule has 0 aliphatic carbocycles. The molecular weight excluding hydrogens is 402 g/mol. The van der Waals surface area contributed by atoms with Gasteiger partial charge >= 0.3 is 0 Å². The molecule has 0 spiro atoms. The van der Waals surface area contributed by atoms with Crippen LogP contribution in [0.25, 0.3) is 23.2 Å². The summed E-state index contributed by atoms with van der Waals surface area (Å²) in [5.41, 5.74) is 2.97. The summed E-state index contributed by atoms with van der Waals surface area (Å²) in [5.74, 6) is 0.452. The number of carbonyl (C=O) groups is 1. The predicted octanol–water partition coefficient (Wildman–Crippen LogP) is 1.63. The van der Waals surface area contributed by atoms with Crippen LogP contribution >= 0.6 is 11.6 Å². The molecule has 0 radical (unpaired) electrons. The van der Waals surface area contributed by atoms with Crippen molar-refractivity contribution < 1.29 is 9.90 Å². The van der Waals surface area contributed by atoms with Crippen LogP contribution in [0.15, 0.2) is 46.5 Å². The highest BCUT2D eigenvalue weighted by Crippen LogP contribution is 2.30. The van der Waals surface area contributed by atoms with Crippen molar-refractivity contribution in [2.45, 2.75) is 6.92 Å². The number of pyridine rings is 1. The number of carbonyl (C=O) groups excluding carboxylic acids is 1. The Morgan fingerprint density at radius 3 is 2.77 bits per heavy atom. The van der Waals surface area contributed by atoms with Gasteiger partial charge in [-0.05, 0) is 36.4 Å². The number of hydrogen-bond acceptors (Lipinski definition) is 4. The second kappa shape index (κ2) is 6.74. The molecule has 0 unspecified atom stereocenters. The summed E-state index contributed by atoms with van der Waals surface area (Å²) in [7, 11) is 1.89. The highest BCUT2D eigenvalue weighted by Gasteiger charge is 2.26. The van der Waals surface area contributed by atoms with Crippen LogP contribution in [0.2, 0.25) is 5.02 Å². The Kier molecular flexibility index (Phi) is 4.15. The summed E-state index contributed by atoms with van der Waals surface area (Å²) in [4.78, 5) is 25.7. The largest absolute Gasteiger partial charge is 0.494 e. The number of aromatic amines is 1. The maximum Gasteiger partial charge on any atom is 0.243 e. The monoisotopic (exact) mass is 419 g/mol. The van der Waals surface area contributed by atoms with Crippen molar-refractivity contribution in [2.75, 3.05) is 11.4 Å². The van der Waals surface area contributed by atoms with Crippen molar-refractivity contribution in [1.82, 2.24) is 9.55 Å². The van der Waals surface area contributed by atoms with E-state index in [1.165, 1.54) is 6.92 Å². The Morgan fingerprint density at radius 1 is 1.27 bits per heavy atom. The Bertz CT molecular complexity index is 1430. The lowest BCUT2D eigenvalue weighted by atomic mass is 10.1. The second-order valence-corrected chi connectivity index (χ2v) is 7.65. The molecule has 3 aromatic rings. The molecule has 1 amide bonds. The van der Waals surface area contributed by atoms with E-state index < -0.39 is 0 Å². The SMILES string of the molecule is CC(=O)N=c1ccn(C)c2c1C=NC1=c3c-2c(O)[nH]c3=CCN1c1ccc(Cl)cc1. The fraction of sp³-hybridized carbons (Fsp3) is 0.136. The number of aromatic nitrogens is 2. The minimum absolute atomic E-state index is 0.0500. The smallest absolute Gasteiger partial charge is 0.243 e. The lowest BCUT2D eigenvalue weighted by molar-refractivity contribution is -0.116. The molecule has 2 aliphatic heterocycles. The number of aliphatic imine (C=N–C) groups is 1. The Hall–Kier alpha value is -3.58. The van der Waals surface area contributed by atoms with Crippen LogP contribution in [0.1, 0.15) is 12.5 Å². The van der Waals surface area contributed by atoms with Gasteiger partial charge < -0.3 is 19.6 Å². The van der Waals surface area contributed by atoms with Crippen molar-refractivity contribution in [2.24, 2.45) is 17.0 Å². The quantitative estimate of drug-likeness (QED) is 0.628. The van der Waals surface area contributed by atoms with E-state index >= 15 is 0 Å². The molecule has 0 saturated heterocycles. The van der Waals surface area contributed by atoms with Crippen molar-refractivity contribution >= 4 is 41.3 Å². The first kappa shape index (κ1) is 18.4. The third-order valence-corrected chi connectivity index (χ3v) is 5.53. The van der Waals surface area contributed by atoms with Gasteiger partial charge in [-0.3, -0.25) is 4.79 Å². The maximum atomic E-state index is 11.7. The van der Waals surface area contributed by atoms with Crippen LogP contribution in [0.4, 0.5) is 5.69 Å². The van der Waals surface area contributed by atoms with Gasteiger partial charge in [-0.15, -0.1) is 0 Å². The zero-order valence-electron chi connectivity index (χ0n) is 16.3. The number of aromatic hydroxyl groups is 1. The molecular formula is C22H18ClN5O2. The molecule has 7 nitrogen and oxygen atoms in total. The molecule has 1 aromatic carbocycles. The van der Waals surface area contributed by atoms with E-state index in [1.54, 1.807) is 12.3 Å². The molecule has 8 heteroatoms. The highest BCUT2D eigenvalue weighted by molar-refractivity contribution is 6.30. The van der Waals surface area contributed by atoms with Gasteiger partial charge in [0.05, 0.1) is 27.2 Å². The Balaban J connectivity index is 1.86. The number of fused-ring (bicyclic) bond motifs is 2. The van der Waals surface area contributed by atoms with Crippen molar-refractivity contribution in [3.63, 3.8) is 0 Å². The molecule has 4 heterocycles. The zero-order valence-corrected chi connectivity index (χ0v) is 17.1. The van der Waals surface area contributed by atoms with Crippen molar-refractivity contribution in [1.29, 1.82) is 0 Å². The first-order valence-electron chi connectivity index (χ1n) is 9.42. The van der Waals surface area contributed by atoms with E-state index in [2.05, 4.69) is 14.9 Å². The number of H-pyrrole nitrogens is 1. The third-order valence-electron chi connectivity index (χ3n) is 5.28. The van der Waals surface area contributed by atoms with Gasteiger partial charge in [0, 0.05) is 49.2 Å². The molecule has 150 valence electrons. The van der Waals surface area contributed by atoms with Gasteiger partial charge in [0.15, 0.2) is 5.88 Å². The van der Waals surface area contributed by atoms with Gasteiger partial charge in [-0.25, -0.2) is 9.98 Å². The van der Waals surface area contributed by atoms with Gasteiger partial charge in [0.2, 0.25) is 5.91 Å². The number of rotatable bonds is 1. The molecule has 2 aromatic heterocycles. The van der Waals surface area contributed by atoms with E-state index in [-0.39, 0.29) is 11.8 Å². The van der Waals surface area contributed by atoms with Crippen molar-refractivity contribution in [3.8, 4) is 17.1 Å². The van der Waals surface area contributed by atoms with Gasteiger partial charge in [-0.2, -0.15) is 0 Å². The average Bonchev–Trinajstić information content (AvgIpc) is 2.92. The number of hydrogen-bond donors (Lipinski definition) is 2. The van der Waals surface area contributed by atoms with Crippen LogP contribution in [-0.4, -0.2) is 33.3 Å². The number of amides is 1. The molecule has 0 fully saturated rings. The number of anilines is 1. The third kappa shape index (κ3) is 2.78.